The second kappa shape index (κ2) is 12.8. The van der Waals surface area contributed by atoms with Crippen molar-refractivity contribution >= 4 is 45.0 Å². The van der Waals surface area contributed by atoms with E-state index in [1.54, 1.807) is 0 Å². The number of ether oxygens (including phenoxy) is 2. The van der Waals surface area contributed by atoms with Crippen molar-refractivity contribution in [3.05, 3.63) is 115 Å². The molecule has 1 aliphatic rings. The van der Waals surface area contributed by atoms with E-state index >= 15 is 0 Å². The van der Waals surface area contributed by atoms with Crippen LogP contribution in [-0.4, -0.2) is 65.0 Å². The Morgan fingerprint density at radius 3 is 1.80 bits per heavy atom. The van der Waals surface area contributed by atoms with E-state index in [-0.39, 0.29) is 41.3 Å². The molecule has 0 aromatic heterocycles. The standard InChI is InChI=1S/C28H23N3O12S/c1-44(40,41)13-12-24(28(35)43-16-18-4-9-21(10-5-18)31(38)39)29-25(32)22-11-6-19(14-23(22)26(29)33)27(34)42-15-17-2-7-20(8-3-17)30(36)37/h2-11,14,24H,12-13,15-16H2,1H3/t24-/m0/s1. The molecule has 4 rings (SSSR count). The van der Waals surface area contributed by atoms with Crippen molar-refractivity contribution in [2.45, 2.75) is 25.7 Å². The highest BCUT2D eigenvalue weighted by Gasteiger charge is 2.44. The molecule has 228 valence electrons. The molecule has 1 heterocycles. The molecule has 44 heavy (non-hydrogen) atoms. The molecule has 2 amide bonds. The van der Waals surface area contributed by atoms with Gasteiger partial charge in [0.25, 0.3) is 23.2 Å². The van der Waals surface area contributed by atoms with Crippen molar-refractivity contribution in [2.75, 3.05) is 12.0 Å². The Morgan fingerprint density at radius 2 is 1.30 bits per heavy atom. The van der Waals surface area contributed by atoms with E-state index in [0.29, 0.717) is 16.0 Å². The van der Waals surface area contributed by atoms with Gasteiger partial charge in [-0.3, -0.25) is 34.7 Å². The van der Waals surface area contributed by atoms with Crippen molar-refractivity contribution in [1.29, 1.82) is 0 Å². The Balaban J connectivity index is 1.50. The van der Waals surface area contributed by atoms with Crippen molar-refractivity contribution in [1.82, 2.24) is 4.90 Å². The Bertz CT molecular complexity index is 1770. The quantitative estimate of drug-likeness (QED) is 0.123. The fourth-order valence-electron chi connectivity index (χ4n) is 4.26. The Labute approximate surface area is 249 Å². The number of sulfone groups is 1. The topological polar surface area (TPSA) is 210 Å². The van der Waals surface area contributed by atoms with Crippen molar-refractivity contribution < 1.29 is 46.9 Å². The minimum atomic E-state index is -3.63. The van der Waals surface area contributed by atoms with Crippen LogP contribution in [0.4, 0.5) is 11.4 Å². The number of carbonyl (C=O) groups is 4. The number of nitro groups is 2. The molecule has 3 aromatic carbocycles. The van der Waals surface area contributed by atoms with Gasteiger partial charge in [0.2, 0.25) is 0 Å². The van der Waals surface area contributed by atoms with Gasteiger partial charge >= 0.3 is 11.9 Å². The SMILES string of the molecule is CS(=O)(=O)CC[C@@H](C(=O)OCc1ccc([N+](=O)[O-])cc1)N1C(=O)c2ccc(C(=O)OCc3ccc([N+](=O)[O-])cc3)cc2C1=O. The van der Waals surface area contributed by atoms with Gasteiger partial charge < -0.3 is 9.47 Å². The van der Waals surface area contributed by atoms with Crippen LogP contribution in [0.1, 0.15) is 48.6 Å². The molecule has 0 spiro atoms. The maximum Gasteiger partial charge on any atom is 0.338 e. The van der Waals surface area contributed by atoms with E-state index in [2.05, 4.69) is 0 Å². The number of amides is 2. The van der Waals surface area contributed by atoms with Crippen LogP contribution in [-0.2, 0) is 37.3 Å². The molecular formula is C28H23N3O12S. The molecule has 1 aliphatic heterocycles. The maximum absolute atomic E-state index is 13.4. The first-order valence-electron chi connectivity index (χ1n) is 12.8. The second-order valence-corrected chi connectivity index (χ2v) is 12.0. The minimum absolute atomic E-state index is 0.0953. The molecule has 0 unspecified atom stereocenters. The van der Waals surface area contributed by atoms with Crippen molar-refractivity contribution in [3.63, 3.8) is 0 Å². The zero-order chi connectivity index (χ0) is 32.2. The van der Waals surface area contributed by atoms with E-state index in [1.165, 1.54) is 60.7 Å². The summed E-state index contributed by atoms with van der Waals surface area (Å²) in [6.07, 6.45) is 0.455. The third kappa shape index (κ3) is 7.27. The first-order chi connectivity index (χ1) is 20.7. The highest BCUT2D eigenvalue weighted by atomic mass is 32.2. The molecule has 0 fully saturated rings. The zero-order valence-electron chi connectivity index (χ0n) is 22.9. The minimum Gasteiger partial charge on any atom is -0.459 e. The Kier molecular flexibility index (Phi) is 9.13. The number of benzene rings is 3. The molecule has 0 saturated carbocycles. The number of imide groups is 1. The van der Waals surface area contributed by atoms with Gasteiger partial charge in [0, 0.05) is 30.5 Å². The lowest BCUT2D eigenvalue weighted by molar-refractivity contribution is -0.385. The summed E-state index contributed by atoms with van der Waals surface area (Å²) in [5, 5.41) is 21.7. The molecular weight excluding hydrogens is 602 g/mol. The van der Waals surface area contributed by atoms with Crippen molar-refractivity contribution in [2.24, 2.45) is 0 Å². The van der Waals surface area contributed by atoms with Gasteiger partial charge in [-0.15, -0.1) is 0 Å². The van der Waals surface area contributed by atoms with E-state index < -0.39 is 61.7 Å². The van der Waals surface area contributed by atoms with Gasteiger partial charge in [-0.05, 0) is 60.0 Å². The highest BCUT2D eigenvalue weighted by Crippen LogP contribution is 2.28. The molecule has 0 bridgehead atoms. The molecule has 0 radical (unpaired) electrons. The summed E-state index contributed by atoms with van der Waals surface area (Å²) in [5.74, 6) is -4.36. The summed E-state index contributed by atoms with van der Waals surface area (Å²) in [6, 6.07) is 12.3. The average Bonchev–Trinajstić information content (AvgIpc) is 3.23. The summed E-state index contributed by atoms with van der Waals surface area (Å²) < 4.78 is 34.2. The van der Waals surface area contributed by atoms with E-state index in [1.807, 2.05) is 0 Å². The third-order valence-electron chi connectivity index (χ3n) is 6.54. The zero-order valence-corrected chi connectivity index (χ0v) is 23.7. The molecule has 15 nitrogen and oxygen atoms in total. The summed E-state index contributed by atoms with van der Waals surface area (Å²) in [6.45, 7) is -0.610. The number of hydrogen-bond acceptors (Lipinski definition) is 12. The molecule has 0 saturated heterocycles. The van der Waals surface area contributed by atoms with Gasteiger partial charge in [-0.25, -0.2) is 18.0 Å². The fraction of sp³-hybridized carbons (Fsp3) is 0.214. The number of rotatable bonds is 12. The van der Waals surface area contributed by atoms with Gasteiger partial charge in [-0.1, -0.05) is 0 Å². The Hall–Kier alpha value is -5.51. The number of esters is 2. The van der Waals surface area contributed by atoms with Crippen LogP contribution >= 0.6 is 0 Å². The fourth-order valence-corrected chi connectivity index (χ4v) is 4.91. The summed E-state index contributed by atoms with van der Waals surface area (Å²) >= 11 is 0. The molecule has 3 aromatic rings. The number of nitrogens with zero attached hydrogens (tertiary/aromatic N) is 3. The second-order valence-electron chi connectivity index (χ2n) is 9.71. The van der Waals surface area contributed by atoms with E-state index in [9.17, 15) is 47.8 Å². The largest absolute Gasteiger partial charge is 0.459 e. The van der Waals surface area contributed by atoms with Crippen LogP contribution < -0.4 is 0 Å². The predicted octanol–water partition coefficient (Wildman–Crippen LogP) is 3.00. The lowest BCUT2D eigenvalue weighted by Gasteiger charge is -2.24. The van der Waals surface area contributed by atoms with Gasteiger partial charge in [0.05, 0.1) is 32.3 Å². The number of non-ortho nitro benzene ring substituents is 2. The molecule has 16 heteroatoms. The number of fused-ring (bicyclic) bond motifs is 1. The number of carbonyl (C=O) groups excluding carboxylic acids is 4. The summed E-state index contributed by atoms with van der Waals surface area (Å²) in [5.41, 5.74) is 0.0561. The first kappa shape index (κ1) is 31.4. The normalized spacial score (nSPS) is 13.2. The average molecular weight is 626 g/mol. The lowest BCUT2D eigenvalue weighted by Crippen LogP contribution is -2.46. The molecule has 0 aliphatic carbocycles. The molecule has 1 atom stereocenters. The summed E-state index contributed by atoms with van der Waals surface area (Å²) in [7, 11) is -3.63. The van der Waals surface area contributed by atoms with Crippen molar-refractivity contribution in [3.8, 4) is 0 Å². The smallest absolute Gasteiger partial charge is 0.338 e. The Morgan fingerprint density at radius 1 is 0.795 bits per heavy atom. The van der Waals surface area contributed by atoms with E-state index in [0.717, 1.165) is 12.3 Å². The molecule has 0 N–H and O–H groups in total. The lowest BCUT2D eigenvalue weighted by atomic mass is 10.1. The van der Waals surface area contributed by atoms with Gasteiger partial charge in [-0.2, -0.15) is 0 Å². The summed E-state index contributed by atoms with van der Waals surface area (Å²) in [4.78, 5) is 73.5. The van der Waals surface area contributed by atoms with Crippen LogP contribution in [0.15, 0.2) is 66.7 Å². The van der Waals surface area contributed by atoms with Crippen LogP contribution in [0, 0.1) is 20.2 Å². The van der Waals surface area contributed by atoms with Crippen LogP contribution in [0.3, 0.4) is 0 Å². The predicted molar refractivity (Wildman–Crippen MR) is 150 cm³/mol. The number of nitro benzene ring substituents is 2. The highest BCUT2D eigenvalue weighted by molar-refractivity contribution is 7.90. The van der Waals surface area contributed by atoms with E-state index in [4.69, 9.17) is 9.47 Å². The first-order valence-corrected chi connectivity index (χ1v) is 14.8. The maximum atomic E-state index is 13.4. The van der Waals surface area contributed by atoms with Crippen LogP contribution in [0.5, 0.6) is 0 Å². The monoisotopic (exact) mass is 625 g/mol. The van der Waals surface area contributed by atoms with Crippen LogP contribution in [0.25, 0.3) is 0 Å². The van der Waals surface area contributed by atoms with Crippen LogP contribution in [0.2, 0.25) is 0 Å². The number of hydrogen-bond donors (Lipinski definition) is 0. The van der Waals surface area contributed by atoms with Gasteiger partial charge in [0.15, 0.2) is 0 Å². The van der Waals surface area contributed by atoms with Gasteiger partial charge in [0.1, 0.15) is 29.1 Å². The third-order valence-corrected chi connectivity index (χ3v) is 7.52.